The van der Waals surface area contributed by atoms with Gasteiger partial charge in [-0.3, -0.25) is 9.59 Å². The first kappa shape index (κ1) is 14.1. The summed E-state index contributed by atoms with van der Waals surface area (Å²) >= 11 is 3.44. The van der Waals surface area contributed by atoms with Crippen molar-refractivity contribution in [1.82, 2.24) is 5.32 Å². The average Bonchev–Trinajstić information content (AvgIpc) is 2.71. The van der Waals surface area contributed by atoms with E-state index in [1.165, 1.54) is 12.5 Å². The molecule has 4 nitrogen and oxygen atoms in total. The summed E-state index contributed by atoms with van der Waals surface area (Å²) in [5.41, 5.74) is 2.32. The molecule has 0 bridgehead atoms. The van der Waals surface area contributed by atoms with Crippen LogP contribution in [0.5, 0.6) is 0 Å². The van der Waals surface area contributed by atoms with Crippen molar-refractivity contribution in [3.63, 3.8) is 0 Å². The van der Waals surface area contributed by atoms with E-state index in [9.17, 15) is 9.59 Å². The molecule has 1 aliphatic rings. The zero-order valence-electron chi connectivity index (χ0n) is 10.7. The lowest BCUT2D eigenvalue weighted by Crippen LogP contribution is -2.24. The molecule has 0 aliphatic heterocycles. The molecule has 0 unspecified atom stereocenters. The maximum Gasteiger partial charge on any atom is 0.308 e. The van der Waals surface area contributed by atoms with Gasteiger partial charge >= 0.3 is 5.97 Å². The number of hydrogen-bond donors (Lipinski definition) is 1. The van der Waals surface area contributed by atoms with Crippen molar-refractivity contribution >= 4 is 27.8 Å². The van der Waals surface area contributed by atoms with E-state index in [4.69, 9.17) is 4.74 Å². The van der Waals surface area contributed by atoms with Gasteiger partial charge in [-0.15, -0.1) is 0 Å². The summed E-state index contributed by atoms with van der Waals surface area (Å²) in [6.45, 7) is 1.75. The number of esters is 1. The third-order valence-electron chi connectivity index (χ3n) is 3.10. The number of carbonyl (C=O) groups excluding carboxylic acids is 2. The largest absolute Gasteiger partial charge is 0.457 e. The van der Waals surface area contributed by atoms with Crippen LogP contribution in [0, 0.1) is 0 Å². The summed E-state index contributed by atoms with van der Waals surface area (Å²) < 4.78 is 6.50. The first-order chi connectivity index (χ1) is 9.06. The lowest BCUT2D eigenvalue weighted by molar-refractivity contribution is -0.149. The second-order valence-electron chi connectivity index (χ2n) is 4.59. The Morgan fingerprint density at radius 1 is 1.47 bits per heavy atom. The molecule has 1 amide bonds. The monoisotopic (exact) mass is 325 g/mol. The molecule has 1 atom stereocenters. The third kappa shape index (κ3) is 3.80. The number of halogens is 1. The fourth-order valence-corrected chi connectivity index (χ4v) is 2.64. The lowest BCUT2D eigenvalue weighted by Gasteiger charge is -2.13. The van der Waals surface area contributed by atoms with Crippen molar-refractivity contribution in [2.75, 3.05) is 6.54 Å². The second-order valence-corrected chi connectivity index (χ2v) is 5.51. The van der Waals surface area contributed by atoms with Crippen molar-refractivity contribution < 1.29 is 14.3 Å². The van der Waals surface area contributed by atoms with E-state index in [0.29, 0.717) is 6.54 Å². The molecule has 0 heterocycles. The Kier molecular flexibility index (Phi) is 4.58. The van der Waals surface area contributed by atoms with Crippen LogP contribution in [0.3, 0.4) is 0 Å². The van der Waals surface area contributed by atoms with Crippen LogP contribution >= 0.6 is 15.9 Å². The summed E-state index contributed by atoms with van der Waals surface area (Å²) in [4.78, 5) is 22.4. The Balaban J connectivity index is 1.88. The maximum absolute atomic E-state index is 11.7. The summed E-state index contributed by atoms with van der Waals surface area (Å²) in [7, 11) is 0. The van der Waals surface area contributed by atoms with E-state index in [0.717, 1.165) is 22.9 Å². The van der Waals surface area contributed by atoms with E-state index in [1.54, 1.807) is 0 Å². The van der Waals surface area contributed by atoms with Crippen LogP contribution in [0.15, 0.2) is 22.7 Å². The van der Waals surface area contributed by atoms with Crippen LogP contribution in [-0.4, -0.2) is 18.4 Å². The Bertz CT molecular complexity index is 501. The first-order valence-corrected chi connectivity index (χ1v) is 7.08. The van der Waals surface area contributed by atoms with Gasteiger partial charge in [-0.25, -0.2) is 0 Å². The van der Waals surface area contributed by atoms with E-state index in [1.807, 2.05) is 12.1 Å². The highest BCUT2D eigenvalue weighted by Crippen LogP contribution is 2.35. The summed E-state index contributed by atoms with van der Waals surface area (Å²) in [6.07, 6.45) is 1.82. The van der Waals surface area contributed by atoms with E-state index in [-0.39, 0.29) is 24.4 Å². The highest BCUT2D eigenvalue weighted by atomic mass is 79.9. The normalized spacial score (nSPS) is 16.8. The molecule has 0 saturated heterocycles. The lowest BCUT2D eigenvalue weighted by atomic mass is 10.1. The molecule has 5 heteroatoms. The molecular formula is C14H16BrNO3. The maximum atomic E-state index is 11.7. The van der Waals surface area contributed by atoms with Crippen LogP contribution in [-0.2, 0) is 20.7 Å². The minimum Gasteiger partial charge on any atom is -0.457 e. The minimum atomic E-state index is -0.269. The van der Waals surface area contributed by atoms with Crippen LogP contribution in [0.2, 0.25) is 0 Å². The molecule has 1 aromatic rings. The fraction of sp³-hybridized carbons (Fsp3) is 0.429. The molecule has 1 aromatic carbocycles. The van der Waals surface area contributed by atoms with E-state index >= 15 is 0 Å². The highest BCUT2D eigenvalue weighted by molar-refractivity contribution is 9.10. The molecule has 1 aliphatic carbocycles. The Morgan fingerprint density at radius 2 is 2.26 bits per heavy atom. The van der Waals surface area contributed by atoms with Gasteiger partial charge in [0.25, 0.3) is 0 Å². The molecule has 0 fully saturated rings. The van der Waals surface area contributed by atoms with E-state index < -0.39 is 0 Å². The van der Waals surface area contributed by atoms with Gasteiger partial charge < -0.3 is 10.1 Å². The Labute approximate surface area is 120 Å². The molecule has 1 N–H and O–H groups in total. The predicted molar refractivity (Wildman–Crippen MR) is 74.6 cm³/mol. The number of hydrogen-bond acceptors (Lipinski definition) is 3. The SMILES string of the molecule is CC(=O)NCCC(=O)O[C@H]1CCc2cc(Br)ccc21. The van der Waals surface area contributed by atoms with E-state index in [2.05, 4.69) is 27.3 Å². The molecule has 0 saturated carbocycles. The van der Waals surface area contributed by atoms with Gasteiger partial charge in [-0.05, 0) is 36.1 Å². The van der Waals surface area contributed by atoms with Crippen LogP contribution in [0.25, 0.3) is 0 Å². The third-order valence-corrected chi connectivity index (χ3v) is 3.60. The number of rotatable bonds is 4. The van der Waals surface area contributed by atoms with Gasteiger partial charge in [0.2, 0.25) is 5.91 Å². The quantitative estimate of drug-likeness (QED) is 0.865. The topological polar surface area (TPSA) is 55.4 Å². The van der Waals surface area contributed by atoms with Gasteiger partial charge in [0.1, 0.15) is 6.10 Å². The smallest absolute Gasteiger partial charge is 0.308 e. The minimum absolute atomic E-state index is 0.135. The van der Waals surface area contributed by atoms with Crippen LogP contribution in [0.1, 0.15) is 37.0 Å². The number of carbonyl (C=O) groups is 2. The highest BCUT2D eigenvalue weighted by Gasteiger charge is 2.25. The molecule has 0 spiro atoms. The zero-order valence-corrected chi connectivity index (χ0v) is 12.3. The molecule has 2 rings (SSSR count). The summed E-state index contributed by atoms with van der Waals surface area (Å²) in [5.74, 6) is -0.404. The van der Waals surface area contributed by atoms with Gasteiger partial charge in [0.15, 0.2) is 0 Å². The summed E-state index contributed by atoms with van der Waals surface area (Å²) in [5, 5.41) is 2.58. The van der Waals surface area contributed by atoms with Gasteiger partial charge in [-0.2, -0.15) is 0 Å². The van der Waals surface area contributed by atoms with Crippen molar-refractivity contribution in [1.29, 1.82) is 0 Å². The van der Waals surface area contributed by atoms with Gasteiger partial charge in [0, 0.05) is 17.9 Å². The van der Waals surface area contributed by atoms with Gasteiger partial charge in [0.05, 0.1) is 6.42 Å². The van der Waals surface area contributed by atoms with Crippen molar-refractivity contribution in [2.24, 2.45) is 0 Å². The predicted octanol–water partition coefficient (Wildman–Crippen LogP) is 2.51. The summed E-state index contributed by atoms with van der Waals surface area (Å²) in [6, 6.07) is 6.03. The Hall–Kier alpha value is -1.36. The first-order valence-electron chi connectivity index (χ1n) is 6.28. The van der Waals surface area contributed by atoms with Crippen LogP contribution < -0.4 is 5.32 Å². The number of ether oxygens (including phenoxy) is 1. The Morgan fingerprint density at radius 3 is 3.00 bits per heavy atom. The number of fused-ring (bicyclic) bond motifs is 1. The molecule has 102 valence electrons. The molecular weight excluding hydrogens is 310 g/mol. The number of nitrogens with one attached hydrogen (secondary N) is 1. The molecule has 0 radical (unpaired) electrons. The number of amides is 1. The average molecular weight is 326 g/mol. The number of aryl methyl sites for hydroxylation is 1. The zero-order chi connectivity index (χ0) is 13.8. The van der Waals surface area contributed by atoms with Gasteiger partial charge in [-0.1, -0.05) is 22.0 Å². The number of benzene rings is 1. The van der Waals surface area contributed by atoms with Crippen molar-refractivity contribution in [2.45, 2.75) is 32.3 Å². The van der Waals surface area contributed by atoms with Crippen molar-refractivity contribution in [3.05, 3.63) is 33.8 Å². The standard InChI is InChI=1S/C14H16BrNO3/c1-9(17)16-7-6-14(18)19-13-5-2-10-8-11(15)3-4-12(10)13/h3-4,8,13H,2,5-7H2,1H3,(H,16,17)/t13-/m0/s1. The molecule has 0 aromatic heterocycles. The van der Waals surface area contributed by atoms with Crippen molar-refractivity contribution in [3.8, 4) is 0 Å². The fourth-order valence-electron chi connectivity index (χ4n) is 2.23. The molecule has 19 heavy (non-hydrogen) atoms. The van der Waals surface area contributed by atoms with Crippen LogP contribution in [0.4, 0.5) is 0 Å². The second kappa shape index (κ2) is 6.19.